The molecule has 0 saturated carbocycles. The summed E-state index contributed by atoms with van der Waals surface area (Å²) in [4.78, 5) is 4.69. The summed E-state index contributed by atoms with van der Waals surface area (Å²) in [7, 11) is 6.50. The van der Waals surface area contributed by atoms with Crippen molar-refractivity contribution in [3.63, 3.8) is 0 Å². The molecule has 1 heterocycles. The Kier molecular flexibility index (Phi) is 2.14. The van der Waals surface area contributed by atoms with E-state index in [2.05, 4.69) is 31.8 Å². The highest BCUT2D eigenvalue weighted by Gasteiger charge is 2.19. The summed E-state index contributed by atoms with van der Waals surface area (Å²) in [5.41, 5.74) is 0. The molecule has 1 aliphatic rings. The van der Waals surface area contributed by atoms with Gasteiger partial charge in [0.1, 0.15) is 0 Å². The van der Waals surface area contributed by atoms with Crippen LogP contribution in [0.5, 0.6) is 0 Å². The van der Waals surface area contributed by atoms with Crippen molar-refractivity contribution in [1.82, 2.24) is 9.71 Å². The first-order chi connectivity index (χ1) is 4.20. The standard InChI is InChI=1S/C6H15BN2/c1-8(2)6-3-4-9(7)5-6/h6H,3-5,7H2,1-2H3. The van der Waals surface area contributed by atoms with Gasteiger partial charge in [-0.15, -0.1) is 0 Å². The fraction of sp³-hybridized carbons (Fsp3) is 1.00. The maximum atomic E-state index is 2.38. The third kappa shape index (κ3) is 1.70. The Hall–Kier alpha value is -0.0151. The molecule has 0 N–H and O–H groups in total. The summed E-state index contributed by atoms with van der Waals surface area (Å²) < 4.78 is 0. The summed E-state index contributed by atoms with van der Waals surface area (Å²) in [6.45, 7) is 2.51. The van der Waals surface area contributed by atoms with Gasteiger partial charge in [-0.2, -0.15) is 0 Å². The van der Waals surface area contributed by atoms with Crippen LogP contribution in [0.4, 0.5) is 0 Å². The third-order valence-electron chi connectivity index (χ3n) is 2.10. The molecule has 1 rings (SSSR count). The van der Waals surface area contributed by atoms with Gasteiger partial charge in [0.25, 0.3) is 0 Å². The Morgan fingerprint density at radius 3 is 2.44 bits per heavy atom. The maximum absolute atomic E-state index is 2.38. The van der Waals surface area contributed by atoms with Crippen LogP contribution in [0.15, 0.2) is 0 Å². The normalized spacial score (nSPS) is 29.9. The Bertz CT molecular complexity index is 95.1. The van der Waals surface area contributed by atoms with Crippen molar-refractivity contribution in [3.05, 3.63) is 0 Å². The summed E-state index contributed by atoms with van der Waals surface area (Å²) in [5.74, 6) is 0. The molecule has 1 unspecified atom stereocenters. The van der Waals surface area contributed by atoms with Crippen LogP contribution in [0.25, 0.3) is 0 Å². The zero-order valence-corrected chi connectivity index (χ0v) is 6.59. The smallest absolute Gasteiger partial charge is 0.185 e. The van der Waals surface area contributed by atoms with Crippen molar-refractivity contribution in [3.8, 4) is 0 Å². The van der Waals surface area contributed by atoms with E-state index in [1.54, 1.807) is 0 Å². The maximum Gasteiger partial charge on any atom is 0.185 e. The van der Waals surface area contributed by atoms with Gasteiger partial charge in [0, 0.05) is 12.6 Å². The molecule has 9 heavy (non-hydrogen) atoms. The van der Waals surface area contributed by atoms with Crippen LogP contribution in [0.1, 0.15) is 6.42 Å². The molecule has 0 amide bonds. The second kappa shape index (κ2) is 2.71. The van der Waals surface area contributed by atoms with Gasteiger partial charge in [-0.05, 0) is 27.1 Å². The molecule has 0 aromatic carbocycles. The molecular weight excluding hydrogens is 111 g/mol. The average molecular weight is 126 g/mol. The molecule has 3 heteroatoms. The van der Waals surface area contributed by atoms with E-state index in [1.807, 2.05) is 0 Å². The fourth-order valence-corrected chi connectivity index (χ4v) is 1.33. The minimum atomic E-state index is 0.801. The van der Waals surface area contributed by atoms with Crippen LogP contribution in [-0.2, 0) is 0 Å². The Morgan fingerprint density at radius 2 is 2.22 bits per heavy atom. The highest BCUT2D eigenvalue weighted by molar-refractivity contribution is 6.04. The molecule has 1 fully saturated rings. The molecule has 1 saturated heterocycles. The molecular formula is C6H15BN2. The second-order valence-corrected chi connectivity index (χ2v) is 3.17. The van der Waals surface area contributed by atoms with Crippen molar-refractivity contribution in [2.75, 3.05) is 27.2 Å². The monoisotopic (exact) mass is 126 g/mol. The number of likely N-dealkylation sites (N-methyl/N-ethyl adjacent to an activating group) is 1. The zero-order chi connectivity index (χ0) is 6.85. The molecule has 0 aromatic rings. The van der Waals surface area contributed by atoms with E-state index < -0.39 is 0 Å². The first-order valence-electron chi connectivity index (χ1n) is 3.55. The van der Waals surface area contributed by atoms with Crippen molar-refractivity contribution in [2.45, 2.75) is 12.5 Å². The lowest BCUT2D eigenvalue weighted by Crippen LogP contribution is -2.30. The predicted molar refractivity (Wildman–Crippen MR) is 42.2 cm³/mol. The van der Waals surface area contributed by atoms with Gasteiger partial charge in [0.15, 0.2) is 7.98 Å². The summed E-state index contributed by atoms with van der Waals surface area (Å²) in [5, 5.41) is 0. The highest BCUT2D eigenvalue weighted by atomic mass is 15.2. The Balaban J connectivity index is 2.30. The van der Waals surface area contributed by atoms with E-state index in [9.17, 15) is 0 Å². The van der Waals surface area contributed by atoms with Gasteiger partial charge >= 0.3 is 0 Å². The van der Waals surface area contributed by atoms with Gasteiger partial charge in [-0.3, -0.25) is 0 Å². The van der Waals surface area contributed by atoms with Gasteiger partial charge in [0.05, 0.1) is 0 Å². The van der Waals surface area contributed by atoms with Crippen LogP contribution >= 0.6 is 0 Å². The Morgan fingerprint density at radius 1 is 1.56 bits per heavy atom. The van der Waals surface area contributed by atoms with E-state index in [1.165, 1.54) is 19.5 Å². The van der Waals surface area contributed by atoms with Crippen LogP contribution in [0.2, 0.25) is 0 Å². The number of hydrogen-bond acceptors (Lipinski definition) is 2. The van der Waals surface area contributed by atoms with E-state index >= 15 is 0 Å². The zero-order valence-electron chi connectivity index (χ0n) is 6.59. The first kappa shape index (κ1) is 7.10. The van der Waals surface area contributed by atoms with Crippen LogP contribution < -0.4 is 0 Å². The molecule has 1 aliphatic heterocycles. The summed E-state index contributed by atoms with van der Waals surface area (Å²) in [6, 6.07) is 0.801. The second-order valence-electron chi connectivity index (χ2n) is 3.17. The molecule has 2 nitrogen and oxygen atoms in total. The van der Waals surface area contributed by atoms with Crippen molar-refractivity contribution >= 4 is 7.98 Å². The third-order valence-corrected chi connectivity index (χ3v) is 2.10. The van der Waals surface area contributed by atoms with Gasteiger partial charge < -0.3 is 9.71 Å². The van der Waals surface area contributed by atoms with E-state index in [0.717, 1.165) is 6.04 Å². The lowest BCUT2D eigenvalue weighted by molar-refractivity contribution is 0.304. The van der Waals surface area contributed by atoms with Crippen LogP contribution in [0, 0.1) is 0 Å². The molecule has 0 aromatic heterocycles. The first-order valence-corrected chi connectivity index (χ1v) is 3.55. The van der Waals surface area contributed by atoms with Crippen molar-refractivity contribution < 1.29 is 0 Å². The summed E-state index contributed by atoms with van der Waals surface area (Å²) in [6.07, 6.45) is 1.34. The van der Waals surface area contributed by atoms with Gasteiger partial charge in [0.2, 0.25) is 0 Å². The lowest BCUT2D eigenvalue weighted by atomic mass is 10.2. The van der Waals surface area contributed by atoms with Crippen molar-refractivity contribution in [2.24, 2.45) is 0 Å². The van der Waals surface area contributed by atoms with Crippen molar-refractivity contribution in [1.29, 1.82) is 0 Å². The topological polar surface area (TPSA) is 6.48 Å². The summed E-state index contributed by atoms with van der Waals surface area (Å²) >= 11 is 0. The molecule has 0 bridgehead atoms. The lowest BCUT2D eigenvalue weighted by Gasteiger charge is -2.18. The highest BCUT2D eigenvalue weighted by Crippen LogP contribution is 2.09. The Labute approximate surface area is 58.3 Å². The molecule has 52 valence electrons. The number of hydrogen-bond donors (Lipinski definition) is 0. The molecule has 0 radical (unpaired) electrons. The minimum Gasteiger partial charge on any atom is -0.347 e. The van der Waals surface area contributed by atoms with Gasteiger partial charge in [-0.1, -0.05) is 0 Å². The van der Waals surface area contributed by atoms with Crippen LogP contribution in [-0.4, -0.2) is 50.9 Å². The molecule has 0 aliphatic carbocycles. The van der Waals surface area contributed by atoms with E-state index in [-0.39, 0.29) is 0 Å². The minimum absolute atomic E-state index is 0.801. The van der Waals surface area contributed by atoms with Crippen LogP contribution in [0.3, 0.4) is 0 Å². The van der Waals surface area contributed by atoms with E-state index in [4.69, 9.17) is 0 Å². The van der Waals surface area contributed by atoms with E-state index in [0.29, 0.717) is 0 Å². The quantitative estimate of drug-likeness (QED) is 0.423. The van der Waals surface area contributed by atoms with Gasteiger partial charge in [-0.25, -0.2) is 0 Å². The molecule has 0 spiro atoms. The fourth-order valence-electron chi connectivity index (χ4n) is 1.33. The predicted octanol–water partition coefficient (Wildman–Crippen LogP) is -0.830. The average Bonchev–Trinajstić information content (AvgIpc) is 2.14. The number of rotatable bonds is 1. The molecule has 1 atom stereocenters. The number of nitrogens with zero attached hydrogens (tertiary/aromatic N) is 2. The SMILES string of the molecule is BN1CCC(N(C)C)C1. The largest absolute Gasteiger partial charge is 0.347 e.